The number of hydrogen-bond donors (Lipinski definition) is 1. The van der Waals surface area contributed by atoms with Crippen LogP contribution in [0.4, 0.5) is 5.69 Å². The molecule has 1 unspecified atom stereocenters. The first-order valence-corrected chi connectivity index (χ1v) is 7.95. The molecule has 1 fully saturated rings. The van der Waals surface area contributed by atoms with Crippen molar-refractivity contribution in [3.05, 3.63) is 35.9 Å². The van der Waals surface area contributed by atoms with Gasteiger partial charge in [-0.2, -0.15) is 0 Å². The van der Waals surface area contributed by atoms with Gasteiger partial charge in [0.1, 0.15) is 0 Å². The molecule has 1 aromatic carbocycles. The van der Waals surface area contributed by atoms with Gasteiger partial charge in [-0.3, -0.25) is 0 Å². The van der Waals surface area contributed by atoms with E-state index in [0.717, 1.165) is 30.3 Å². The van der Waals surface area contributed by atoms with Crippen molar-refractivity contribution >= 4 is 17.7 Å². The van der Waals surface area contributed by atoms with Gasteiger partial charge in [-0.15, -0.1) is 0 Å². The van der Waals surface area contributed by atoms with Crippen molar-refractivity contribution in [3.63, 3.8) is 0 Å². The number of rotatable bonds is 5. The van der Waals surface area contributed by atoms with Crippen molar-refractivity contribution < 1.29 is 9.90 Å². The largest absolute Gasteiger partial charge is 0.478 e. The fourth-order valence-electron chi connectivity index (χ4n) is 3.18. The summed E-state index contributed by atoms with van der Waals surface area (Å²) in [6, 6.07) is 8.08. The number of nitrogens with zero attached hydrogens (tertiary/aromatic N) is 1. The summed E-state index contributed by atoms with van der Waals surface area (Å²) in [5.74, 6) is -0.0506. The monoisotopic (exact) mass is 287 g/mol. The molecule has 1 aromatic rings. The van der Waals surface area contributed by atoms with E-state index in [-0.39, 0.29) is 0 Å². The molecule has 3 nitrogen and oxygen atoms in total. The molecule has 3 heteroatoms. The Bertz CT molecular complexity index is 496. The highest BCUT2D eigenvalue weighted by Gasteiger charge is 2.17. The van der Waals surface area contributed by atoms with Crippen LogP contribution in [0.2, 0.25) is 0 Å². The molecule has 1 aliphatic rings. The quantitative estimate of drug-likeness (QED) is 0.825. The van der Waals surface area contributed by atoms with Crippen LogP contribution < -0.4 is 4.90 Å². The van der Waals surface area contributed by atoms with Gasteiger partial charge in [-0.25, -0.2) is 4.79 Å². The first kappa shape index (κ1) is 15.6. The molecule has 21 heavy (non-hydrogen) atoms. The van der Waals surface area contributed by atoms with Crippen molar-refractivity contribution in [2.75, 3.05) is 18.0 Å². The molecule has 0 bridgehead atoms. The van der Waals surface area contributed by atoms with Gasteiger partial charge in [0.25, 0.3) is 0 Å². The van der Waals surface area contributed by atoms with E-state index in [9.17, 15) is 4.79 Å². The van der Waals surface area contributed by atoms with E-state index in [1.165, 1.54) is 38.2 Å². The third kappa shape index (κ3) is 4.62. The number of para-hydroxylation sites is 1. The van der Waals surface area contributed by atoms with Gasteiger partial charge < -0.3 is 10.0 Å². The van der Waals surface area contributed by atoms with Gasteiger partial charge in [0.05, 0.1) is 0 Å². The van der Waals surface area contributed by atoms with Gasteiger partial charge in [-0.1, -0.05) is 38.0 Å². The maximum absolute atomic E-state index is 10.7. The van der Waals surface area contributed by atoms with Crippen LogP contribution in [-0.2, 0) is 4.79 Å². The molecular formula is C18H25NO2. The van der Waals surface area contributed by atoms with E-state index < -0.39 is 5.97 Å². The SMILES string of the molecule is CCCC1CCCN(c2ccccc2C=CC(=O)O)CC1. The number of benzene rings is 1. The molecule has 0 aromatic heterocycles. The van der Waals surface area contributed by atoms with Crippen LogP contribution in [0.25, 0.3) is 6.08 Å². The third-order valence-corrected chi connectivity index (χ3v) is 4.23. The van der Waals surface area contributed by atoms with Crippen LogP contribution in [0.15, 0.2) is 30.3 Å². The smallest absolute Gasteiger partial charge is 0.328 e. The molecule has 0 spiro atoms. The van der Waals surface area contributed by atoms with E-state index in [1.54, 1.807) is 6.08 Å². The van der Waals surface area contributed by atoms with Crippen LogP contribution >= 0.6 is 0 Å². The van der Waals surface area contributed by atoms with E-state index in [0.29, 0.717) is 0 Å². The molecule has 1 N–H and O–H groups in total. The molecule has 114 valence electrons. The number of aliphatic carboxylic acids is 1. The number of carbonyl (C=O) groups is 1. The highest BCUT2D eigenvalue weighted by molar-refractivity contribution is 5.87. The molecule has 1 saturated heterocycles. The predicted molar refractivity (Wildman–Crippen MR) is 87.6 cm³/mol. The van der Waals surface area contributed by atoms with E-state index in [2.05, 4.69) is 17.9 Å². The molecule has 0 radical (unpaired) electrons. The van der Waals surface area contributed by atoms with Crippen LogP contribution in [0.5, 0.6) is 0 Å². The number of carboxylic acid groups (broad SMARTS) is 1. The van der Waals surface area contributed by atoms with Gasteiger partial charge in [-0.05, 0) is 42.9 Å². The van der Waals surface area contributed by atoms with E-state index in [1.807, 2.05) is 18.2 Å². The van der Waals surface area contributed by atoms with Crippen molar-refractivity contribution in [1.82, 2.24) is 0 Å². The Morgan fingerprint density at radius 1 is 1.33 bits per heavy atom. The van der Waals surface area contributed by atoms with Gasteiger partial charge in [0, 0.05) is 24.9 Å². The molecule has 2 rings (SSSR count). The fourth-order valence-corrected chi connectivity index (χ4v) is 3.18. The Kier molecular flexibility index (Phi) is 5.85. The first-order valence-electron chi connectivity index (χ1n) is 7.95. The van der Waals surface area contributed by atoms with Gasteiger partial charge >= 0.3 is 5.97 Å². The lowest BCUT2D eigenvalue weighted by atomic mass is 9.96. The highest BCUT2D eigenvalue weighted by Crippen LogP contribution is 2.28. The lowest BCUT2D eigenvalue weighted by Crippen LogP contribution is -2.24. The average molecular weight is 287 g/mol. The normalized spacial score (nSPS) is 19.7. The van der Waals surface area contributed by atoms with E-state index >= 15 is 0 Å². The summed E-state index contributed by atoms with van der Waals surface area (Å²) in [5, 5.41) is 8.81. The van der Waals surface area contributed by atoms with Crippen molar-refractivity contribution in [2.45, 2.75) is 39.0 Å². The summed E-state index contributed by atoms with van der Waals surface area (Å²) in [4.78, 5) is 13.1. The summed E-state index contributed by atoms with van der Waals surface area (Å²) in [6.07, 6.45) is 9.30. The maximum Gasteiger partial charge on any atom is 0.328 e. The fraction of sp³-hybridized carbons (Fsp3) is 0.500. The second-order valence-electron chi connectivity index (χ2n) is 5.80. The molecule has 0 aliphatic carbocycles. The highest BCUT2D eigenvalue weighted by atomic mass is 16.4. The van der Waals surface area contributed by atoms with Crippen LogP contribution in [0, 0.1) is 5.92 Å². The minimum atomic E-state index is -0.899. The summed E-state index contributed by atoms with van der Waals surface area (Å²) in [6.45, 7) is 4.40. The van der Waals surface area contributed by atoms with Crippen molar-refractivity contribution in [2.24, 2.45) is 5.92 Å². The summed E-state index contributed by atoms with van der Waals surface area (Å²) >= 11 is 0. The minimum absolute atomic E-state index is 0.849. The van der Waals surface area contributed by atoms with Crippen molar-refractivity contribution in [1.29, 1.82) is 0 Å². The molecule has 0 amide bonds. The standard InChI is InChI=1S/C18H25NO2/c1-2-6-15-7-5-13-19(14-12-15)17-9-4-3-8-16(17)10-11-18(20)21/h3-4,8-11,15H,2,5-7,12-14H2,1H3,(H,20,21). The topological polar surface area (TPSA) is 40.5 Å². The maximum atomic E-state index is 10.7. The Morgan fingerprint density at radius 3 is 2.90 bits per heavy atom. The molecule has 1 atom stereocenters. The second kappa shape index (κ2) is 7.87. The Hall–Kier alpha value is -1.77. The Labute approximate surface area is 127 Å². The third-order valence-electron chi connectivity index (χ3n) is 4.23. The Morgan fingerprint density at radius 2 is 2.14 bits per heavy atom. The van der Waals surface area contributed by atoms with Gasteiger partial charge in [0.15, 0.2) is 0 Å². The van der Waals surface area contributed by atoms with Crippen LogP contribution in [0.1, 0.15) is 44.6 Å². The number of anilines is 1. The van der Waals surface area contributed by atoms with Gasteiger partial charge in [0.2, 0.25) is 0 Å². The lowest BCUT2D eigenvalue weighted by Gasteiger charge is -2.25. The second-order valence-corrected chi connectivity index (χ2v) is 5.80. The zero-order chi connectivity index (χ0) is 15.1. The average Bonchev–Trinajstić information content (AvgIpc) is 2.71. The molecular weight excluding hydrogens is 262 g/mol. The number of hydrogen-bond acceptors (Lipinski definition) is 2. The Balaban J connectivity index is 2.12. The summed E-state index contributed by atoms with van der Waals surface area (Å²) in [5.41, 5.74) is 2.15. The molecule has 0 saturated carbocycles. The van der Waals surface area contributed by atoms with Crippen LogP contribution in [0.3, 0.4) is 0 Å². The van der Waals surface area contributed by atoms with Crippen LogP contribution in [-0.4, -0.2) is 24.2 Å². The first-order chi connectivity index (χ1) is 10.2. The van der Waals surface area contributed by atoms with Crippen molar-refractivity contribution in [3.8, 4) is 0 Å². The van der Waals surface area contributed by atoms with E-state index in [4.69, 9.17) is 5.11 Å². The lowest BCUT2D eigenvalue weighted by molar-refractivity contribution is -0.131. The number of carboxylic acids is 1. The zero-order valence-corrected chi connectivity index (χ0v) is 12.8. The molecule has 1 heterocycles. The predicted octanol–water partition coefficient (Wildman–Crippen LogP) is 4.19. The minimum Gasteiger partial charge on any atom is -0.478 e. The molecule has 1 aliphatic heterocycles. The summed E-state index contributed by atoms with van der Waals surface area (Å²) in [7, 11) is 0. The summed E-state index contributed by atoms with van der Waals surface area (Å²) < 4.78 is 0. The zero-order valence-electron chi connectivity index (χ0n) is 12.8.